The number of nitrogen functional groups attached to an aromatic ring is 1. The van der Waals surface area contributed by atoms with Crippen molar-refractivity contribution in [3.8, 4) is 0 Å². The molecule has 6 heteroatoms. The lowest BCUT2D eigenvalue weighted by molar-refractivity contribution is 0.460. The number of nitrogens with two attached hydrogens (primary N) is 1. The van der Waals surface area contributed by atoms with Crippen molar-refractivity contribution in [2.75, 3.05) is 5.73 Å². The Morgan fingerprint density at radius 3 is 2.79 bits per heavy atom. The first kappa shape index (κ1) is 12.2. The first-order valence-corrected chi connectivity index (χ1v) is 6.68. The second-order valence-corrected chi connectivity index (χ2v) is 5.35. The second kappa shape index (κ2) is 4.38. The third-order valence-electron chi connectivity index (χ3n) is 3.11. The molecule has 0 bridgehead atoms. The van der Waals surface area contributed by atoms with Gasteiger partial charge in [-0.2, -0.15) is 0 Å². The van der Waals surface area contributed by atoms with Gasteiger partial charge >= 0.3 is 0 Å². The van der Waals surface area contributed by atoms with Gasteiger partial charge in [-0.05, 0) is 32.0 Å². The molecular formula is C13H13BrN4O. The van der Waals surface area contributed by atoms with E-state index in [1.807, 2.05) is 36.6 Å². The fraction of sp³-hybridized carbons (Fsp3) is 0.231. The van der Waals surface area contributed by atoms with Gasteiger partial charge in [-0.15, -0.1) is 0 Å². The Kier molecular flexibility index (Phi) is 2.82. The molecule has 98 valence electrons. The van der Waals surface area contributed by atoms with E-state index in [1.165, 1.54) is 0 Å². The molecule has 2 N–H and O–H groups in total. The number of aromatic nitrogens is 3. The maximum Gasteiger partial charge on any atom is 0.214 e. The summed E-state index contributed by atoms with van der Waals surface area (Å²) in [6.07, 6.45) is 0. The summed E-state index contributed by atoms with van der Waals surface area (Å²) in [7, 11) is 0. The lowest BCUT2D eigenvalue weighted by Gasteiger charge is -2.03. The van der Waals surface area contributed by atoms with Gasteiger partial charge in [0, 0.05) is 4.47 Å². The second-order valence-electron chi connectivity index (χ2n) is 4.44. The van der Waals surface area contributed by atoms with Crippen LogP contribution in [-0.4, -0.2) is 14.5 Å². The summed E-state index contributed by atoms with van der Waals surface area (Å²) in [4.78, 5) is 8.70. The molecule has 0 unspecified atom stereocenters. The van der Waals surface area contributed by atoms with Crippen molar-refractivity contribution in [3.05, 3.63) is 40.0 Å². The Hall–Kier alpha value is -1.82. The van der Waals surface area contributed by atoms with E-state index in [9.17, 15) is 0 Å². The van der Waals surface area contributed by atoms with E-state index in [0.29, 0.717) is 18.4 Å². The molecule has 3 aromatic rings. The normalized spacial score (nSPS) is 11.3. The van der Waals surface area contributed by atoms with Crippen molar-refractivity contribution in [1.29, 1.82) is 0 Å². The van der Waals surface area contributed by atoms with Crippen LogP contribution in [0.2, 0.25) is 0 Å². The van der Waals surface area contributed by atoms with E-state index >= 15 is 0 Å². The fourth-order valence-electron chi connectivity index (χ4n) is 2.02. The largest absolute Gasteiger partial charge is 0.444 e. The fourth-order valence-corrected chi connectivity index (χ4v) is 2.37. The molecule has 2 aromatic heterocycles. The average molecular weight is 321 g/mol. The lowest BCUT2D eigenvalue weighted by atomic mass is 10.3. The smallest absolute Gasteiger partial charge is 0.214 e. The highest BCUT2D eigenvalue weighted by Crippen LogP contribution is 2.23. The zero-order valence-corrected chi connectivity index (χ0v) is 12.2. The summed E-state index contributed by atoms with van der Waals surface area (Å²) in [5, 5.41) is 0. The van der Waals surface area contributed by atoms with Crippen molar-refractivity contribution in [2.45, 2.75) is 20.4 Å². The summed E-state index contributed by atoms with van der Waals surface area (Å²) in [5.74, 6) is 1.93. The van der Waals surface area contributed by atoms with Crippen molar-refractivity contribution >= 4 is 32.9 Å². The Morgan fingerprint density at radius 1 is 1.32 bits per heavy atom. The highest BCUT2D eigenvalue weighted by atomic mass is 79.9. The first-order valence-electron chi connectivity index (χ1n) is 5.89. The van der Waals surface area contributed by atoms with Gasteiger partial charge in [-0.1, -0.05) is 15.9 Å². The molecule has 0 aliphatic carbocycles. The molecule has 3 rings (SSSR count). The minimum Gasteiger partial charge on any atom is -0.444 e. The Balaban J connectivity index is 2.09. The molecule has 0 fully saturated rings. The highest BCUT2D eigenvalue weighted by Gasteiger charge is 2.12. The van der Waals surface area contributed by atoms with Gasteiger partial charge in [0.15, 0.2) is 0 Å². The van der Waals surface area contributed by atoms with Gasteiger partial charge in [0.05, 0.1) is 16.7 Å². The number of hydrogen-bond donors (Lipinski definition) is 1. The number of halogens is 1. The van der Waals surface area contributed by atoms with E-state index in [2.05, 4.69) is 25.9 Å². The summed E-state index contributed by atoms with van der Waals surface area (Å²) < 4.78 is 8.48. The van der Waals surface area contributed by atoms with Crippen LogP contribution in [-0.2, 0) is 6.54 Å². The van der Waals surface area contributed by atoms with Crippen molar-refractivity contribution in [3.63, 3.8) is 0 Å². The van der Waals surface area contributed by atoms with Crippen LogP contribution >= 0.6 is 15.9 Å². The highest BCUT2D eigenvalue weighted by molar-refractivity contribution is 9.10. The van der Waals surface area contributed by atoms with Crippen LogP contribution in [0.1, 0.15) is 17.3 Å². The number of oxazole rings is 1. The third-order valence-corrected chi connectivity index (χ3v) is 3.60. The number of aryl methyl sites for hydroxylation is 2. The molecule has 2 heterocycles. The predicted octanol–water partition coefficient (Wildman–Crippen LogP) is 3.03. The zero-order chi connectivity index (χ0) is 13.6. The van der Waals surface area contributed by atoms with Gasteiger partial charge in [-0.25, -0.2) is 9.97 Å². The average Bonchev–Trinajstić information content (AvgIpc) is 2.82. The van der Waals surface area contributed by atoms with Gasteiger partial charge < -0.3 is 14.7 Å². The molecule has 0 aliphatic rings. The van der Waals surface area contributed by atoms with Crippen molar-refractivity contribution in [2.24, 2.45) is 0 Å². The number of hydrogen-bond acceptors (Lipinski definition) is 4. The van der Waals surface area contributed by atoms with Gasteiger partial charge in [-0.3, -0.25) is 0 Å². The Morgan fingerprint density at radius 2 is 2.11 bits per heavy atom. The monoisotopic (exact) mass is 320 g/mol. The van der Waals surface area contributed by atoms with Crippen LogP contribution in [0.5, 0.6) is 0 Å². The topological polar surface area (TPSA) is 69.9 Å². The minimum absolute atomic E-state index is 0.460. The summed E-state index contributed by atoms with van der Waals surface area (Å²) in [6.45, 7) is 4.31. The number of fused-ring (bicyclic) bond motifs is 1. The van der Waals surface area contributed by atoms with E-state index in [1.54, 1.807) is 0 Å². The number of benzene rings is 1. The van der Waals surface area contributed by atoms with Gasteiger partial charge in [0.2, 0.25) is 11.8 Å². The molecule has 0 radical (unpaired) electrons. The van der Waals surface area contributed by atoms with E-state index in [4.69, 9.17) is 10.2 Å². The number of rotatable bonds is 2. The molecule has 0 amide bonds. The van der Waals surface area contributed by atoms with E-state index in [0.717, 1.165) is 27.0 Å². The SMILES string of the molecule is Cc1nc(Cn2c(N)nc3ccc(Br)cc32)oc1C. The number of imidazole rings is 1. The molecular weight excluding hydrogens is 308 g/mol. The van der Waals surface area contributed by atoms with Crippen molar-refractivity contribution in [1.82, 2.24) is 14.5 Å². The lowest BCUT2D eigenvalue weighted by Crippen LogP contribution is -2.04. The summed E-state index contributed by atoms with van der Waals surface area (Å²) in [6, 6.07) is 5.86. The summed E-state index contributed by atoms with van der Waals surface area (Å²) >= 11 is 3.46. The van der Waals surface area contributed by atoms with Crippen LogP contribution in [0.15, 0.2) is 27.1 Å². The molecule has 19 heavy (non-hydrogen) atoms. The maximum atomic E-state index is 5.96. The van der Waals surface area contributed by atoms with Crippen LogP contribution in [0.4, 0.5) is 5.95 Å². The van der Waals surface area contributed by atoms with Crippen LogP contribution in [0.3, 0.4) is 0 Å². The zero-order valence-electron chi connectivity index (χ0n) is 10.6. The van der Waals surface area contributed by atoms with Crippen LogP contribution in [0, 0.1) is 13.8 Å². The minimum atomic E-state index is 0.460. The van der Waals surface area contributed by atoms with Gasteiger partial charge in [0.25, 0.3) is 0 Å². The maximum absolute atomic E-state index is 5.96. The van der Waals surface area contributed by atoms with E-state index in [-0.39, 0.29) is 0 Å². The van der Waals surface area contributed by atoms with Crippen LogP contribution < -0.4 is 5.73 Å². The molecule has 0 saturated heterocycles. The molecule has 0 atom stereocenters. The molecule has 0 spiro atoms. The number of anilines is 1. The van der Waals surface area contributed by atoms with E-state index < -0.39 is 0 Å². The third kappa shape index (κ3) is 2.12. The standard InChI is InChI=1S/C13H13BrN4O/c1-7-8(2)19-12(16-7)6-18-11-5-9(14)3-4-10(11)17-13(18)15/h3-5H,6H2,1-2H3,(H2,15,17). The molecule has 5 nitrogen and oxygen atoms in total. The Bertz CT molecular complexity index is 740. The number of nitrogens with zero attached hydrogens (tertiary/aromatic N) is 3. The molecule has 1 aromatic carbocycles. The van der Waals surface area contributed by atoms with Gasteiger partial charge in [0.1, 0.15) is 12.3 Å². The quantitative estimate of drug-likeness (QED) is 0.787. The predicted molar refractivity (Wildman–Crippen MR) is 76.9 cm³/mol. The van der Waals surface area contributed by atoms with Crippen LogP contribution in [0.25, 0.3) is 11.0 Å². The molecule has 0 saturated carbocycles. The summed E-state index contributed by atoms with van der Waals surface area (Å²) in [5.41, 5.74) is 8.69. The molecule has 0 aliphatic heterocycles. The Labute approximate surface area is 118 Å². The first-order chi connectivity index (χ1) is 9.04. The van der Waals surface area contributed by atoms with Crippen molar-refractivity contribution < 1.29 is 4.42 Å².